The van der Waals surface area contributed by atoms with E-state index in [1.165, 1.54) is 24.3 Å². The van der Waals surface area contributed by atoms with Crippen molar-refractivity contribution < 1.29 is 33.9 Å². The molecule has 0 radical (unpaired) electrons. The molecular formula is C15H16N2O8. The second-order valence-corrected chi connectivity index (χ2v) is 5.41. The van der Waals surface area contributed by atoms with Gasteiger partial charge in [0.05, 0.1) is 31.0 Å². The number of esters is 2. The van der Waals surface area contributed by atoms with E-state index in [1.54, 1.807) is 0 Å². The summed E-state index contributed by atoms with van der Waals surface area (Å²) < 4.78 is 9.35. The van der Waals surface area contributed by atoms with E-state index in [-0.39, 0.29) is 5.69 Å². The van der Waals surface area contributed by atoms with Gasteiger partial charge in [-0.2, -0.15) is 0 Å². The highest BCUT2D eigenvalue weighted by Crippen LogP contribution is 2.39. The van der Waals surface area contributed by atoms with Crippen LogP contribution >= 0.6 is 0 Å². The highest BCUT2D eigenvalue weighted by Gasteiger charge is 2.55. The van der Waals surface area contributed by atoms with Gasteiger partial charge >= 0.3 is 17.9 Å². The Hall–Kier alpha value is -3.01. The maximum Gasteiger partial charge on any atom is 0.321 e. The Labute approximate surface area is 141 Å². The molecule has 0 spiro atoms. The first kappa shape index (κ1) is 18.3. The number of carbonyl (C=O) groups is 3. The predicted octanol–water partition coefficient (Wildman–Crippen LogP) is 0.271. The molecule has 2 rings (SSSR count). The fourth-order valence-electron chi connectivity index (χ4n) is 2.98. The zero-order valence-corrected chi connectivity index (χ0v) is 13.4. The van der Waals surface area contributed by atoms with E-state index in [2.05, 4.69) is 10.1 Å². The molecule has 1 aromatic carbocycles. The third-order valence-corrected chi connectivity index (χ3v) is 4.14. The SMILES string of the molecule is COC(=O)[C@H]1[C@@H](C(=O)O)NC(c2ccc([N+](=O)[O-])cc2)[C@H]1C(=O)OC. The average molecular weight is 352 g/mol. The van der Waals surface area contributed by atoms with Gasteiger partial charge in [-0.15, -0.1) is 0 Å². The molecule has 10 nitrogen and oxygen atoms in total. The number of carbonyl (C=O) groups excluding carboxylic acids is 2. The Morgan fingerprint density at radius 1 is 1.08 bits per heavy atom. The molecule has 1 fully saturated rings. The number of carboxylic acids is 1. The van der Waals surface area contributed by atoms with Crippen LogP contribution < -0.4 is 5.32 Å². The fraction of sp³-hybridized carbons (Fsp3) is 0.400. The summed E-state index contributed by atoms with van der Waals surface area (Å²) in [5.41, 5.74) is 0.259. The molecule has 1 aromatic rings. The van der Waals surface area contributed by atoms with Crippen molar-refractivity contribution in [1.29, 1.82) is 0 Å². The number of nitrogens with zero attached hydrogens (tertiary/aromatic N) is 1. The van der Waals surface area contributed by atoms with E-state index in [9.17, 15) is 29.6 Å². The number of ether oxygens (including phenoxy) is 2. The predicted molar refractivity (Wildman–Crippen MR) is 81.4 cm³/mol. The Balaban J connectivity index is 2.47. The first-order chi connectivity index (χ1) is 11.8. The number of carboxylic acid groups (broad SMARTS) is 1. The minimum atomic E-state index is -1.36. The van der Waals surface area contributed by atoms with Crippen LogP contribution in [0.25, 0.3) is 0 Å². The van der Waals surface area contributed by atoms with Crippen LogP contribution in [-0.2, 0) is 23.9 Å². The zero-order chi connectivity index (χ0) is 18.7. The van der Waals surface area contributed by atoms with Crippen molar-refractivity contribution in [2.75, 3.05) is 14.2 Å². The monoisotopic (exact) mass is 352 g/mol. The molecule has 1 saturated heterocycles. The van der Waals surface area contributed by atoms with Gasteiger partial charge in [-0.1, -0.05) is 12.1 Å². The van der Waals surface area contributed by atoms with Gasteiger partial charge in [0.15, 0.2) is 0 Å². The maximum atomic E-state index is 12.2. The number of non-ortho nitro benzene ring substituents is 1. The third-order valence-electron chi connectivity index (χ3n) is 4.14. The maximum absolute atomic E-state index is 12.2. The summed E-state index contributed by atoms with van der Waals surface area (Å²) in [7, 11) is 2.21. The minimum absolute atomic E-state index is 0.157. The Morgan fingerprint density at radius 2 is 1.60 bits per heavy atom. The van der Waals surface area contributed by atoms with Crippen LogP contribution in [0.3, 0.4) is 0 Å². The summed E-state index contributed by atoms with van der Waals surface area (Å²) in [4.78, 5) is 45.9. The molecule has 0 bridgehead atoms. The number of nitrogens with one attached hydrogen (secondary N) is 1. The van der Waals surface area contributed by atoms with E-state index < -0.39 is 46.8 Å². The summed E-state index contributed by atoms with van der Waals surface area (Å²) in [6.45, 7) is 0. The number of benzene rings is 1. The van der Waals surface area contributed by atoms with E-state index in [1.807, 2.05) is 0 Å². The molecule has 0 amide bonds. The van der Waals surface area contributed by atoms with Gasteiger partial charge in [-0.05, 0) is 5.56 Å². The van der Waals surface area contributed by atoms with Crippen molar-refractivity contribution in [1.82, 2.24) is 5.32 Å². The lowest BCUT2D eigenvalue weighted by atomic mass is 9.84. The zero-order valence-electron chi connectivity index (χ0n) is 13.4. The van der Waals surface area contributed by atoms with E-state index in [0.29, 0.717) is 5.56 Å². The molecule has 25 heavy (non-hydrogen) atoms. The Morgan fingerprint density at radius 3 is 2.04 bits per heavy atom. The topological polar surface area (TPSA) is 145 Å². The second-order valence-electron chi connectivity index (χ2n) is 5.41. The fourth-order valence-corrected chi connectivity index (χ4v) is 2.98. The molecule has 1 heterocycles. The smallest absolute Gasteiger partial charge is 0.321 e. The minimum Gasteiger partial charge on any atom is -0.480 e. The molecule has 0 saturated carbocycles. The summed E-state index contributed by atoms with van der Waals surface area (Å²) in [6, 6.07) is 3.00. The summed E-state index contributed by atoms with van der Waals surface area (Å²) >= 11 is 0. The van der Waals surface area contributed by atoms with Gasteiger partial charge < -0.3 is 14.6 Å². The van der Waals surface area contributed by atoms with Crippen LogP contribution in [0, 0.1) is 22.0 Å². The van der Waals surface area contributed by atoms with Gasteiger partial charge in [-0.25, -0.2) is 0 Å². The molecule has 0 aliphatic carbocycles. The molecule has 1 aliphatic heterocycles. The quantitative estimate of drug-likeness (QED) is 0.433. The molecule has 2 N–H and O–H groups in total. The standard InChI is InChI=1S/C15H16N2O8/c1-24-14(20)9-10(15(21)25-2)12(13(18)19)16-11(9)7-3-5-8(6-4-7)17(22)23/h3-6,9-12,16H,1-2H3,(H,18,19)/t9-,10+,11?,12-/m0/s1. The van der Waals surface area contributed by atoms with Crippen molar-refractivity contribution >= 4 is 23.6 Å². The van der Waals surface area contributed by atoms with Crippen molar-refractivity contribution in [2.24, 2.45) is 11.8 Å². The van der Waals surface area contributed by atoms with Crippen molar-refractivity contribution in [3.8, 4) is 0 Å². The normalized spacial score (nSPS) is 25.2. The van der Waals surface area contributed by atoms with Gasteiger partial charge in [0.25, 0.3) is 5.69 Å². The van der Waals surface area contributed by atoms with E-state index in [0.717, 1.165) is 14.2 Å². The van der Waals surface area contributed by atoms with Crippen molar-refractivity contribution in [2.45, 2.75) is 12.1 Å². The molecule has 1 unspecified atom stereocenters. The number of hydrogen-bond donors (Lipinski definition) is 2. The van der Waals surface area contributed by atoms with Gasteiger partial charge in [0.2, 0.25) is 0 Å². The first-order valence-corrected chi connectivity index (χ1v) is 7.20. The first-order valence-electron chi connectivity index (χ1n) is 7.20. The Bertz CT molecular complexity index is 702. The number of rotatable bonds is 5. The summed E-state index contributed by atoms with van der Waals surface area (Å²) in [6.07, 6.45) is 0. The van der Waals surface area contributed by atoms with Crippen LogP contribution in [0.2, 0.25) is 0 Å². The van der Waals surface area contributed by atoms with Crippen molar-refractivity contribution in [3.05, 3.63) is 39.9 Å². The molecule has 134 valence electrons. The van der Waals surface area contributed by atoms with Gasteiger partial charge in [0, 0.05) is 18.2 Å². The van der Waals surface area contributed by atoms with Crippen molar-refractivity contribution in [3.63, 3.8) is 0 Å². The molecule has 4 atom stereocenters. The Kier molecular flexibility index (Phi) is 5.32. The summed E-state index contributed by atoms with van der Waals surface area (Å²) in [5.74, 6) is -5.42. The van der Waals surface area contributed by atoms with Crippen LogP contribution in [0.1, 0.15) is 11.6 Å². The van der Waals surface area contributed by atoms with Gasteiger partial charge in [-0.3, -0.25) is 29.8 Å². The molecule has 1 aliphatic rings. The van der Waals surface area contributed by atoms with Crippen LogP contribution in [0.4, 0.5) is 5.69 Å². The number of methoxy groups -OCH3 is 2. The highest BCUT2D eigenvalue weighted by molar-refractivity contribution is 5.90. The van der Waals surface area contributed by atoms with Gasteiger partial charge in [0.1, 0.15) is 6.04 Å². The largest absolute Gasteiger partial charge is 0.480 e. The molecular weight excluding hydrogens is 336 g/mol. The number of aliphatic carboxylic acids is 1. The highest BCUT2D eigenvalue weighted by atomic mass is 16.6. The number of nitro groups is 1. The van der Waals surface area contributed by atoms with E-state index in [4.69, 9.17) is 4.74 Å². The van der Waals surface area contributed by atoms with Crippen LogP contribution in [-0.4, -0.2) is 48.2 Å². The lowest BCUT2D eigenvalue weighted by Crippen LogP contribution is -2.41. The second kappa shape index (κ2) is 7.26. The molecule has 0 aromatic heterocycles. The lowest BCUT2D eigenvalue weighted by molar-refractivity contribution is -0.384. The number of hydrogen-bond acceptors (Lipinski definition) is 8. The summed E-state index contributed by atoms with van der Waals surface area (Å²) in [5, 5.41) is 22.8. The van der Waals surface area contributed by atoms with E-state index >= 15 is 0 Å². The third kappa shape index (κ3) is 3.43. The lowest BCUT2D eigenvalue weighted by Gasteiger charge is -2.20. The number of nitro benzene ring substituents is 1. The average Bonchev–Trinajstić information content (AvgIpc) is 3.01. The van der Waals surface area contributed by atoms with Crippen LogP contribution in [0.5, 0.6) is 0 Å². The van der Waals surface area contributed by atoms with Crippen LogP contribution in [0.15, 0.2) is 24.3 Å². The molecule has 10 heteroatoms.